The highest BCUT2D eigenvalue weighted by atomic mass is 32.2. The van der Waals surface area contributed by atoms with E-state index < -0.39 is 10.0 Å². The first-order valence-corrected chi connectivity index (χ1v) is 9.15. The van der Waals surface area contributed by atoms with Crippen molar-refractivity contribution in [3.8, 4) is 11.5 Å². The van der Waals surface area contributed by atoms with E-state index in [4.69, 9.17) is 9.47 Å². The molecule has 7 nitrogen and oxygen atoms in total. The zero-order chi connectivity index (χ0) is 17.2. The number of hydrogen-bond donors (Lipinski definition) is 1. The number of ether oxygens (including phenoxy) is 2. The van der Waals surface area contributed by atoms with Gasteiger partial charge >= 0.3 is 0 Å². The lowest BCUT2D eigenvalue weighted by Crippen LogP contribution is -2.22. The van der Waals surface area contributed by atoms with Crippen molar-refractivity contribution in [2.45, 2.75) is 18.7 Å². The molecule has 2 heterocycles. The minimum atomic E-state index is -3.72. The Hall–Kier alpha value is -2.48. The van der Waals surface area contributed by atoms with Crippen LogP contribution in [0.3, 0.4) is 0 Å². The van der Waals surface area contributed by atoms with Gasteiger partial charge in [0.25, 0.3) is 10.0 Å². The molecule has 2 aromatic rings. The van der Waals surface area contributed by atoms with Crippen molar-refractivity contribution in [2.75, 3.05) is 29.5 Å². The van der Waals surface area contributed by atoms with Crippen molar-refractivity contribution in [2.24, 2.45) is 0 Å². The van der Waals surface area contributed by atoms with Crippen LogP contribution in [-0.4, -0.2) is 33.3 Å². The van der Waals surface area contributed by atoms with Gasteiger partial charge in [0.2, 0.25) is 6.79 Å². The van der Waals surface area contributed by atoms with Crippen LogP contribution in [0.4, 0.5) is 11.5 Å². The molecule has 0 fully saturated rings. The first kappa shape index (κ1) is 16.4. The van der Waals surface area contributed by atoms with Gasteiger partial charge in [-0.25, -0.2) is 13.4 Å². The van der Waals surface area contributed by atoms with Gasteiger partial charge in [-0.15, -0.1) is 0 Å². The second kappa shape index (κ2) is 6.56. The Kier molecular flexibility index (Phi) is 4.48. The van der Waals surface area contributed by atoms with Gasteiger partial charge < -0.3 is 14.4 Å². The first-order chi connectivity index (χ1) is 11.5. The molecule has 1 aliphatic heterocycles. The fourth-order valence-corrected chi connectivity index (χ4v) is 3.50. The number of hydrogen-bond acceptors (Lipinski definition) is 6. The van der Waals surface area contributed by atoms with Crippen molar-refractivity contribution in [3.63, 3.8) is 0 Å². The van der Waals surface area contributed by atoms with E-state index in [1.165, 1.54) is 18.3 Å². The number of nitrogens with one attached hydrogen (secondary N) is 1. The van der Waals surface area contributed by atoms with Crippen LogP contribution in [0.5, 0.6) is 11.5 Å². The molecule has 1 aromatic carbocycles. The molecule has 1 aromatic heterocycles. The summed E-state index contributed by atoms with van der Waals surface area (Å²) in [6.45, 7) is 5.86. The number of anilines is 2. The van der Waals surface area contributed by atoms with E-state index in [0.29, 0.717) is 17.2 Å². The first-order valence-electron chi connectivity index (χ1n) is 7.67. The Balaban J connectivity index is 1.79. The predicted octanol–water partition coefficient (Wildman–Crippen LogP) is 2.46. The summed E-state index contributed by atoms with van der Waals surface area (Å²) in [5.74, 6) is 1.78. The van der Waals surface area contributed by atoms with Gasteiger partial charge in [-0.1, -0.05) is 0 Å². The number of nitrogens with zero attached hydrogens (tertiary/aromatic N) is 2. The highest BCUT2D eigenvalue weighted by molar-refractivity contribution is 7.92. The lowest BCUT2D eigenvalue weighted by Gasteiger charge is -2.19. The van der Waals surface area contributed by atoms with Crippen LogP contribution in [0.2, 0.25) is 0 Å². The topological polar surface area (TPSA) is 80.8 Å². The molecular formula is C16H19N3O4S. The zero-order valence-electron chi connectivity index (χ0n) is 13.5. The van der Waals surface area contributed by atoms with E-state index in [9.17, 15) is 8.42 Å². The second-order valence-electron chi connectivity index (χ2n) is 5.20. The third-order valence-corrected chi connectivity index (χ3v) is 5.12. The van der Waals surface area contributed by atoms with Crippen LogP contribution >= 0.6 is 0 Å². The molecule has 0 amide bonds. The molecule has 0 bridgehead atoms. The molecule has 1 aliphatic rings. The maximum atomic E-state index is 12.5. The minimum Gasteiger partial charge on any atom is -0.454 e. The average Bonchev–Trinajstić information content (AvgIpc) is 3.05. The normalized spacial score (nSPS) is 12.9. The Morgan fingerprint density at radius 3 is 2.54 bits per heavy atom. The molecule has 3 rings (SSSR count). The number of aromatic nitrogens is 1. The maximum Gasteiger partial charge on any atom is 0.262 e. The van der Waals surface area contributed by atoms with Crippen LogP contribution in [-0.2, 0) is 10.0 Å². The largest absolute Gasteiger partial charge is 0.454 e. The summed E-state index contributed by atoms with van der Waals surface area (Å²) >= 11 is 0. The average molecular weight is 349 g/mol. The fourth-order valence-electron chi connectivity index (χ4n) is 2.44. The molecule has 24 heavy (non-hydrogen) atoms. The van der Waals surface area contributed by atoms with Crippen molar-refractivity contribution in [3.05, 3.63) is 36.5 Å². The third-order valence-electron chi connectivity index (χ3n) is 3.74. The van der Waals surface area contributed by atoms with Crippen LogP contribution in [0.25, 0.3) is 0 Å². The molecular weight excluding hydrogens is 330 g/mol. The highest BCUT2D eigenvalue weighted by Crippen LogP contribution is 2.34. The second-order valence-corrected chi connectivity index (χ2v) is 6.88. The Labute approximate surface area is 141 Å². The molecule has 1 N–H and O–H groups in total. The highest BCUT2D eigenvalue weighted by Gasteiger charge is 2.20. The SMILES string of the molecule is CCN(CC)c1ccc(NS(=O)(=O)c2ccc3c(c2)OCO3)cn1. The molecule has 0 unspecified atom stereocenters. The van der Waals surface area contributed by atoms with Gasteiger partial charge in [0.1, 0.15) is 5.82 Å². The quantitative estimate of drug-likeness (QED) is 0.863. The van der Waals surface area contributed by atoms with Crippen LogP contribution in [0, 0.1) is 0 Å². The summed E-state index contributed by atoms with van der Waals surface area (Å²) in [6.07, 6.45) is 1.51. The van der Waals surface area contributed by atoms with Crippen molar-refractivity contribution in [1.29, 1.82) is 0 Å². The van der Waals surface area contributed by atoms with Crippen LogP contribution < -0.4 is 19.1 Å². The van der Waals surface area contributed by atoms with E-state index in [1.54, 1.807) is 18.2 Å². The molecule has 0 saturated carbocycles. The summed E-state index contributed by atoms with van der Waals surface area (Å²) in [4.78, 5) is 6.50. The summed E-state index contributed by atoms with van der Waals surface area (Å²) < 4.78 is 37.9. The number of rotatable bonds is 6. The van der Waals surface area contributed by atoms with Gasteiger partial charge in [-0.2, -0.15) is 0 Å². The lowest BCUT2D eigenvalue weighted by atomic mass is 10.3. The maximum absolute atomic E-state index is 12.5. The Morgan fingerprint density at radius 1 is 1.12 bits per heavy atom. The molecule has 0 aliphatic carbocycles. The number of pyridine rings is 1. The van der Waals surface area contributed by atoms with Crippen molar-refractivity contribution < 1.29 is 17.9 Å². The molecule has 0 spiro atoms. The lowest BCUT2D eigenvalue weighted by molar-refractivity contribution is 0.174. The van der Waals surface area contributed by atoms with Gasteiger partial charge in [0, 0.05) is 19.2 Å². The Bertz CT molecular complexity index is 818. The van der Waals surface area contributed by atoms with Gasteiger partial charge in [-0.3, -0.25) is 4.72 Å². The van der Waals surface area contributed by atoms with E-state index in [0.717, 1.165) is 18.9 Å². The molecule has 128 valence electrons. The van der Waals surface area contributed by atoms with Gasteiger partial charge in [-0.05, 0) is 38.1 Å². The third kappa shape index (κ3) is 3.23. The standard InChI is InChI=1S/C16H19N3O4S/c1-3-19(4-2)16-8-5-12(10-17-16)18-24(20,21)13-6-7-14-15(9-13)23-11-22-14/h5-10,18H,3-4,11H2,1-2H3. The summed E-state index contributed by atoms with van der Waals surface area (Å²) in [7, 11) is -3.72. The fraction of sp³-hybridized carbons (Fsp3) is 0.312. The zero-order valence-corrected chi connectivity index (χ0v) is 14.3. The van der Waals surface area contributed by atoms with Crippen LogP contribution in [0.15, 0.2) is 41.4 Å². The number of sulfonamides is 1. The van der Waals surface area contributed by atoms with Gasteiger partial charge in [0.15, 0.2) is 11.5 Å². The smallest absolute Gasteiger partial charge is 0.262 e. The van der Waals surface area contributed by atoms with Crippen molar-refractivity contribution >= 4 is 21.5 Å². The van der Waals surface area contributed by atoms with Crippen LogP contribution in [0.1, 0.15) is 13.8 Å². The number of benzene rings is 1. The molecule has 0 radical (unpaired) electrons. The summed E-state index contributed by atoms with van der Waals surface area (Å²) in [5.41, 5.74) is 0.406. The van der Waals surface area contributed by atoms with Crippen molar-refractivity contribution in [1.82, 2.24) is 4.98 Å². The van der Waals surface area contributed by atoms with E-state index in [-0.39, 0.29) is 11.7 Å². The molecule has 0 atom stereocenters. The summed E-state index contributed by atoms with van der Waals surface area (Å²) in [5, 5.41) is 0. The number of fused-ring (bicyclic) bond motifs is 1. The minimum absolute atomic E-state index is 0.100. The van der Waals surface area contributed by atoms with Gasteiger partial charge in [0.05, 0.1) is 16.8 Å². The molecule has 8 heteroatoms. The Morgan fingerprint density at radius 2 is 1.88 bits per heavy atom. The molecule has 0 saturated heterocycles. The van der Waals surface area contributed by atoms with E-state index in [1.807, 2.05) is 13.8 Å². The predicted molar refractivity (Wildman–Crippen MR) is 91.2 cm³/mol. The monoisotopic (exact) mass is 349 g/mol. The van der Waals surface area contributed by atoms with E-state index >= 15 is 0 Å². The summed E-state index contributed by atoms with van der Waals surface area (Å²) in [6, 6.07) is 8.00. The van der Waals surface area contributed by atoms with E-state index in [2.05, 4.69) is 14.6 Å².